The van der Waals surface area contributed by atoms with Gasteiger partial charge in [-0.2, -0.15) is 13.2 Å². The van der Waals surface area contributed by atoms with Crippen molar-refractivity contribution >= 4 is 17.2 Å². The van der Waals surface area contributed by atoms with Gasteiger partial charge in [0.15, 0.2) is 5.69 Å². The van der Waals surface area contributed by atoms with Crippen LogP contribution in [0.4, 0.5) is 13.2 Å². The van der Waals surface area contributed by atoms with Crippen molar-refractivity contribution < 1.29 is 18.0 Å². The zero-order valence-electron chi connectivity index (χ0n) is 11.7. The van der Waals surface area contributed by atoms with Gasteiger partial charge in [-0.15, -0.1) is 11.3 Å². The molecule has 118 valence electrons. The van der Waals surface area contributed by atoms with Crippen LogP contribution in [0.1, 0.15) is 36.4 Å². The van der Waals surface area contributed by atoms with Crippen molar-refractivity contribution in [1.29, 1.82) is 0 Å². The monoisotopic (exact) mass is 321 g/mol. The second-order valence-corrected chi connectivity index (χ2v) is 6.38. The molecule has 0 saturated heterocycles. The molecular weight excluding hydrogens is 303 g/mol. The van der Waals surface area contributed by atoms with Gasteiger partial charge >= 0.3 is 6.18 Å². The lowest BCUT2D eigenvalue weighted by molar-refractivity contribution is -0.140. The lowest BCUT2D eigenvalue weighted by Gasteiger charge is -2.29. The van der Waals surface area contributed by atoms with Crippen molar-refractivity contribution in [2.45, 2.75) is 44.4 Å². The molecule has 0 spiro atoms. The fourth-order valence-electron chi connectivity index (χ4n) is 2.56. The zero-order chi connectivity index (χ0) is 15.6. The summed E-state index contributed by atoms with van der Waals surface area (Å²) in [7, 11) is 1.59. The highest BCUT2D eigenvalue weighted by Crippen LogP contribution is 2.30. The molecule has 1 aliphatic rings. The Balaban J connectivity index is 1.96. The first-order valence-electron chi connectivity index (χ1n) is 6.79. The van der Waals surface area contributed by atoms with E-state index in [2.05, 4.69) is 4.98 Å². The Morgan fingerprint density at radius 2 is 2.24 bits per heavy atom. The standard InChI is InChI=1S/C13H18F3N3OS/c1-19(12(20)8-3-2-4-9(17)5-8)6-11-18-10(7-21-11)13(14,15)16/h7-9H,2-6,17H2,1H3. The molecule has 1 heterocycles. The van der Waals surface area contributed by atoms with Crippen LogP contribution in [0.15, 0.2) is 5.38 Å². The van der Waals surface area contributed by atoms with E-state index in [0.717, 1.165) is 36.0 Å². The third-order valence-electron chi connectivity index (χ3n) is 3.65. The molecule has 0 aromatic carbocycles. The van der Waals surface area contributed by atoms with E-state index in [1.54, 1.807) is 7.05 Å². The first kappa shape index (κ1) is 16.2. The quantitative estimate of drug-likeness (QED) is 0.931. The van der Waals surface area contributed by atoms with Crippen LogP contribution in [0, 0.1) is 5.92 Å². The number of carbonyl (C=O) groups excluding carboxylic acids is 1. The van der Waals surface area contributed by atoms with Gasteiger partial charge in [0, 0.05) is 24.4 Å². The smallest absolute Gasteiger partial charge is 0.339 e. The number of hydrogen-bond acceptors (Lipinski definition) is 4. The van der Waals surface area contributed by atoms with E-state index in [9.17, 15) is 18.0 Å². The van der Waals surface area contributed by atoms with Crippen LogP contribution in [0.5, 0.6) is 0 Å². The maximum Gasteiger partial charge on any atom is 0.434 e. The Morgan fingerprint density at radius 1 is 1.52 bits per heavy atom. The molecule has 21 heavy (non-hydrogen) atoms. The van der Waals surface area contributed by atoms with Crippen LogP contribution >= 0.6 is 11.3 Å². The van der Waals surface area contributed by atoms with Gasteiger partial charge in [0.1, 0.15) is 5.01 Å². The fourth-order valence-corrected chi connectivity index (χ4v) is 3.41. The summed E-state index contributed by atoms with van der Waals surface area (Å²) in [5, 5.41) is 1.27. The highest BCUT2D eigenvalue weighted by Gasteiger charge is 2.34. The number of nitrogens with two attached hydrogens (primary N) is 1. The van der Waals surface area contributed by atoms with E-state index < -0.39 is 11.9 Å². The fraction of sp³-hybridized carbons (Fsp3) is 0.692. The van der Waals surface area contributed by atoms with Gasteiger partial charge in [0.25, 0.3) is 0 Å². The number of aromatic nitrogens is 1. The summed E-state index contributed by atoms with van der Waals surface area (Å²) in [6, 6.07) is 0.0396. The molecule has 1 fully saturated rings. The van der Waals surface area contributed by atoms with Gasteiger partial charge in [-0.1, -0.05) is 6.42 Å². The summed E-state index contributed by atoms with van der Waals surface area (Å²) < 4.78 is 37.4. The summed E-state index contributed by atoms with van der Waals surface area (Å²) in [6.07, 6.45) is -1.15. The Kier molecular flexibility index (Phi) is 4.88. The predicted molar refractivity (Wildman–Crippen MR) is 73.5 cm³/mol. The lowest BCUT2D eigenvalue weighted by atomic mass is 9.85. The molecule has 2 unspecified atom stereocenters. The van der Waals surface area contributed by atoms with Crippen molar-refractivity contribution in [3.8, 4) is 0 Å². The number of amides is 1. The number of rotatable bonds is 3. The second kappa shape index (κ2) is 6.31. The van der Waals surface area contributed by atoms with Crippen LogP contribution in [0.3, 0.4) is 0 Å². The molecule has 0 aliphatic heterocycles. The van der Waals surface area contributed by atoms with Crippen LogP contribution in [0.2, 0.25) is 0 Å². The van der Waals surface area contributed by atoms with E-state index >= 15 is 0 Å². The topological polar surface area (TPSA) is 59.2 Å². The molecule has 1 aromatic rings. The van der Waals surface area contributed by atoms with Gasteiger partial charge in [0.2, 0.25) is 5.91 Å². The minimum Gasteiger partial charge on any atom is -0.339 e. The lowest BCUT2D eigenvalue weighted by Crippen LogP contribution is -2.38. The van der Waals surface area contributed by atoms with Crippen molar-refractivity contribution in [1.82, 2.24) is 9.88 Å². The Bertz CT molecular complexity index is 503. The number of hydrogen-bond donors (Lipinski definition) is 1. The molecule has 4 nitrogen and oxygen atoms in total. The van der Waals surface area contributed by atoms with Gasteiger partial charge in [0.05, 0.1) is 6.54 Å². The van der Waals surface area contributed by atoms with Crippen molar-refractivity contribution in [3.05, 3.63) is 16.1 Å². The summed E-state index contributed by atoms with van der Waals surface area (Å²) in [4.78, 5) is 17.3. The molecule has 2 rings (SSSR count). The minimum atomic E-state index is -4.44. The largest absolute Gasteiger partial charge is 0.434 e. The van der Waals surface area contributed by atoms with Crippen molar-refractivity contribution in [3.63, 3.8) is 0 Å². The van der Waals surface area contributed by atoms with Crippen molar-refractivity contribution in [2.75, 3.05) is 7.05 Å². The van der Waals surface area contributed by atoms with Crippen molar-refractivity contribution in [2.24, 2.45) is 11.7 Å². The van der Waals surface area contributed by atoms with E-state index in [1.807, 2.05) is 0 Å². The normalized spacial score (nSPS) is 23.1. The van der Waals surface area contributed by atoms with Crippen LogP contribution in [-0.2, 0) is 17.5 Å². The van der Waals surface area contributed by atoms with E-state index in [-0.39, 0.29) is 24.4 Å². The number of nitrogens with zero attached hydrogens (tertiary/aromatic N) is 2. The molecule has 1 amide bonds. The summed E-state index contributed by atoms with van der Waals surface area (Å²) >= 11 is 0.920. The molecule has 1 aliphatic carbocycles. The third-order valence-corrected chi connectivity index (χ3v) is 4.49. The van der Waals surface area contributed by atoms with Gasteiger partial charge in [-0.25, -0.2) is 4.98 Å². The predicted octanol–water partition coefficient (Wildman–Crippen LogP) is 2.64. The summed E-state index contributed by atoms with van der Waals surface area (Å²) in [6.45, 7) is 0.102. The maximum atomic E-state index is 12.5. The average Bonchev–Trinajstić information content (AvgIpc) is 2.86. The van der Waals surface area contributed by atoms with Crippen LogP contribution in [-0.4, -0.2) is 28.9 Å². The van der Waals surface area contributed by atoms with E-state index in [0.29, 0.717) is 11.4 Å². The van der Waals surface area contributed by atoms with E-state index in [1.165, 1.54) is 4.90 Å². The summed E-state index contributed by atoms with van der Waals surface area (Å²) in [5.74, 6) is -0.185. The Labute approximate surface area is 125 Å². The molecule has 0 bridgehead atoms. The molecular formula is C13H18F3N3OS. The van der Waals surface area contributed by atoms with Gasteiger partial charge in [-0.05, 0) is 19.3 Å². The maximum absolute atomic E-state index is 12.5. The number of alkyl halides is 3. The van der Waals surface area contributed by atoms with Crippen LogP contribution in [0.25, 0.3) is 0 Å². The second-order valence-electron chi connectivity index (χ2n) is 5.44. The highest BCUT2D eigenvalue weighted by atomic mass is 32.1. The average molecular weight is 321 g/mol. The number of thiazole rings is 1. The third kappa shape index (κ3) is 4.16. The summed E-state index contributed by atoms with van der Waals surface area (Å²) in [5.41, 5.74) is 4.96. The molecule has 1 aromatic heterocycles. The first-order valence-corrected chi connectivity index (χ1v) is 7.67. The molecule has 2 atom stereocenters. The number of carbonyl (C=O) groups is 1. The Morgan fingerprint density at radius 3 is 2.81 bits per heavy atom. The molecule has 8 heteroatoms. The number of halogens is 3. The van der Waals surface area contributed by atoms with Crippen LogP contribution < -0.4 is 5.73 Å². The zero-order valence-corrected chi connectivity index (χ0v) is 12.5. The minimum absolute atomic E-state index is 0.0396. The van der Waals surface area contributed by atoms with Gasteiger partial charge < -0.3 is 10.6 Å². The Hall–Kier alpha value is -1.15. The molecule has 1 saturated carbocycles. The van der Waals surface area contributed by atoms with E-state index in [4.69, 9.17) is 5.73 Å². The molecule has 0 radical (unpaired) electrons. The van der Waals surface area contributed by atoms with Gasteiger partial charge in [-0.3, -0.25) is 4.79 Å². The first-order chi connectivity index (χ1) is 9.77. The molecule has 2 N–H and O–H groups in total. The SMILES string of the molecule is CN(Cc1nc(C(F)(F)F)cs1)C(=O)C1CCCC(N)C1. The highest BCUT2D eigenvalue weighted by molar-refractivity contribution is 7.09.